The molecular weight excluding hydrogens is 1020 g/mol. The zero-order valence-electron chi connectivity index (χ0n) is 47.2. The van der Waals surface area contributed by atoms with Crippen LogP contribution in [0.3, 0.4) is 0 Å². The van der Waals surface area contributed by atoms with Crippen LogP contribution < -0.4 is 43.3 Å². The van der Waals surface area contributed by atoms with Crippen LogP contribution in [-0.2, 0) is 42.2 Å². The van der Waals surface area contributed by atoms with Gasteiger partial charge in [-0.3, -0.25) is 4.55 Å². The third-order valence-electron chi connectivity index (χ3n) is 15.1. The highest BCUT2D eigenvalue weighted by atomic mass is 32.2. The Morgan fingerprint density at radius 3 is 1.64 bits per heavy atom. The Labute approximate surface area is 470 Å². The summed E-state index contributed by atoms with van der Waals surface area (Å²) >= 11 is 0. The van der Waals surface area contributed by atoms with Crippen molar-refractivity contribution in [2.75, 3.05) is 61.2 Å². The Kier molecular flexibility index (Phi) is 17.8. The van der Waals surface area contributed by atoms with E-state index >= 15 is 0 Å². The third-order valence-corrected chi connectivity index (χ3v) is 16.0. The Balaban J connectivity index is 1.14. The van der Waals surface area contributed by atoms with Gasteiger partial charge < -0.3 is 37.7 Å². The molecule has 0 saturated carbocycles. The molecule has 12 nitrogen and oxygen atoms in total. The van der Waals surface area contributed by atoms with E-state index in [1.54, 1.807) is 60.9 Å². The van der Waals surface area contributed by atoms with Crippen molar-refractivity contribution in [2.45, 2.75) is 70.1 Å². The molecule has 1 heterocycles. The third kappa shape index (κ3) is 12.6. The Morgan fingerprint density at radius 2 is 1.07 bits per heavy atom. The molecule has 1 aliphatic heterocycles. The molecule has 0 saturated heterocycles. The number of benzene rings is 8. The van der Waals surface area contributed by atoms with E-state index < -0.39 is 10.1 Å². The van der Waals surface area contributed by atoms with E-state index in [2.05, 4.69) is 65.8 Å². The number of rotatable bonds is 23. The SMILES string of the molecule is COc1ccc(OC)c(CCCc2ccc(C)c(N(CCCc3cc(OC)ccc3OC)c3ccc4c(-c5ccccc5S(=O)(=O)O)c5ccc(=[N+](C)c6cc(CCCc7cc(OC)ccc7OC)ccc6C)cc-5oc4c3)c2)c1. The van der Waals surface area contributed by atoms with Gasteiger partial charge in [0, 0.05) is 63.8 Å². The second kappa shape index (κ2) is 25.2. The first kappa shape index (κ1) is 56.5. The van der Waals surface area contributed by atoms with Gasteiger partial charge in [-0.2, -0.15) is 13.0 Å². The predicted octanol–water partition coefficient (Wildman–Crippen LogP) is 14.0. The molecule has 0 unspecified atom stereocenters. The van der Waals surface area contributed by atoms with E-state index in [0.717, 1.165) is 130 Å². The molecule has 1 aliphatic carbocycles. The summed E-state index contributed by atoms with van der Waals surface area (Å²) in [4.78, 5) is 2.15. The minimum atomic E-state index is -4.64. The zero-order chi connectivity index (χ0) is 56.5. The van der Waals surface area contributed by atoms with Crippen molar-refractivity contribution < 1.29 is 45.8 Å². The van der Waals surface area contributed by atoms with E-state index in [1.165, 1.54) is 17.2 Å². The fourth-order valence-electron chi connectivity index (χ4n) is 10.9. The van der Waals surface area contributed by atoms with Gasteiger partial charge in [0.1, 0.15) is 57.8 Å². The fourth-order valence-corrected chi connectivity index (χ4v) is 11.6. The maximum atomic E-state index is 13.2. The molecule has 0 spiro atoms. The average molecular weight is 1100 g/mol. The van der Waals surface area contributed by atoms with Crippen LogP contribution in [0.25, 0.3) is 33.4 Å². The van der Waals surface area contributed by atoms with E-state index in [-0.39, 0.29) is 4.90 Å². The van der Waals surface area contributed by atoms with Crippen LogP contribution in [0.2, 0.25) is 0 Å². The molecule has 80 heavy (non-hydrogen) atoms. The number of methoxy groups -OCH3 is 6. The van der Waals surface area contributed by atoms with Gasteiger partial charge in [0.2, 0.25) is 11.0 Å². The lowest BCUT2D eigenvalue weighted by Gasteiger charge is -2.28. The molecule has 0 fully saturated rings. The van der Waals surface area contributed by atoms with Gasteiger partial charge in [0.15, 0.2) is 0 Å². The molecule has 0 amide bonds. The summed E-state index contributed by atoms with van der Waals surface area (Å²) in [6, 6.07) is 49.7. The van der Waals surface area contributed by atoms with E-state index in [9.17, 15) is 13.0 Å². The number of hydrogen-bond donors (Lipinski definition) is 1. The van der Waals surface area contributed by atoms with Gasteiger partial charge >= 0.3 is 0 Å². The van der Waals surface area contributed by atoms with Crippen molar-refractivity contribution in [1.29, 1.82) is 0 Å². The highest BCUT2D eigenvalue weighted by molar-refractivity contribution is 7.86. The largest absolute Gasteiger partial charge is 0.497 e. The van der Waals surface area contributed by atoms with Crippen LogP contribution in [0.1, 0.15) is 58.2 Å². The first-order chi connectivity index (χ1) is 38.7. The van der Waals surface area contributed by atoms with Gasteiger partial charge in [-0.1, -0.05) is 42.5 Å². The molecule has 7 aromatic carbocycles. The second-order valence-corrected chi connectivity index (χ2v) is 21.5. The number of fused-ring (bicyclic) bond motifs is 2. The van der Waals surface area contributed by atoms with Crippen molar-refractivity contribution in [3.05, 3.63) is 196 Å². The van der Waals surface area contributed by atoms with Crippen molar-refractivity contribution in [2.24, 2.45) is 0 Å². The van der Waals surface area contributed by atoms with Gasteiger partial charge in [0.05, 0.1) is 48.7 Å². The van der Waals surface area contributed by atoms with E-state index in [4.69, 9.17) is 32.8 Å². The fraction of sp³-hybridized carbons (Fsp3) is 0.269. The first-order valence-corrected chi connectivity index (χ1v) is 28.4. The second-order valence-electron chi connectivity index (χ2n) is 20.1. The van der Waals surface area contributed by atoms with Crippen LogP contribution >= 0.6 is 0 Å². The molecule has 0 aromatic heterocycles. The lowest BCUT2D eigenvalue weighted by atomic mass is 9.93. The molecule has 7 aromatic rings. The average Bonchev–Trinajstić information content (AvgIpc) is 3.64. The quantitative estimate of drug-likeness (QED) is 0.0373. The van der Waals surface area contributed by atoms with Crippen molar-refractivity contribution in [1.82, 2.24) is 4.58 Å². The van der Waals surface area contributed by atoms with Crippen molar-refractivity contribution in [3.63, 3.8) is 0 Å². The summed E-state index contributed by atoms with van der Waals surface area (Å²) in [5.41, 5.74) is 13.1. The van der Waals surface area contributed by atoms with Gasteiger partial charge in [-0.15, -0.1) is 0 Å². The number of ether oxygens (including phenoxy) is 6. The standard InChI is InChI=1S/C67H70N2O10S/c1-44-22-24-46(15-12-17-48-39-53(73-4)28-33-61(48)76-7)37-59(44)68(3)51-26-31-56-64(42-51)79-65-43-52(27-32-57(65)67(56)58-20-10-11-21-66(58)80(70,71)72)69(36-14-19-50-41-55(75-6)30-35-63(50)78-9)60-38-47(25-23-45(60)2)16-13-18-49-40-54(74-5)29-34-62(49)77-8/h10-11,20-35,37-43H,12-19,36H2,1-9H3/p+1. The summed E-state index contributed by atoms with van der Waals surface area (Å²) in [7, 11) is 7.50. The van der Waals surface area contributed by atoms with Crippen LogP contribution in [0.15, 0.2) is 161 Å². The van der Waals surface area contributed by atoms with Crippen LogP contribution in [0.5, 0.6) is 34.5 Å². The molecule has 13 heteroatoms. The number of hydrogen-bond acceptors (Lipinski definition) is 10. The lowest BCUT2D eigenvalue weighted by molar-refractivity contribution is 0.398. The normalized spacial score (nSPS) is 11.9. The molecule has 0 atom stereocenters. The molecule has 9 rings (SSSR count). The van der Waals surface area contributed by atoms with Crippen LogP contribution in [0, 0.1) is 13.8 Å². The molecule has 0 bridgehead atoms. The summed E-state index contributed by atoms with van der Waals surface area (Å²) in [5.74, 6) is 5.39. The Bertz CT molecular complexity index is 3830. The topological polar surface area (TPSA) is 129 Å². The van der Waals surface area contributed by atoms with Gasteiger partial charge in [-0.05, 0) is 184 Å². The molecule has 2 aliphatic rings. The minimum Gasteiger partial charge on any atom is -0.497 e. The van der Waals surface area contributed by atoms with E-state index in [0.29, 0.717) is 46.4 Å². The van der Waals surface area contributed by atoms with Crippen molar-refractivity contribution in [3.8, 4) is 56.9 Å². The van der Waals surface area contributed by atoms with Crippen LogP contribution in [0.4, 0.5) is 17.1 Å². The monoisotopic (exact) mass is 1100 g/mol. The summed E-state index contributed by atoms with van der Waals surface area (Å²) in [5, 5.41) is 1.56. The maximum Gasteiger partial charge on any atom is 0.295 e. The smallest absolute Gasteiger partial charge is 0.295 e. The summed E-state index contributed by atoms with van der Waals surface area (Å²) < 4.78 is 80.1. The summed E-state index contributed by atoms with van der Waals surface area (Å²) in [6.45, 7) is 4.88. The van der Waals surface area contributed by atoms with E-state index in [1.807, 2.05) is 92.0 Å². The molecular formula is C67H71N2O10S+. The summed E-state index contributed by atoms with van der Waals surface area (Å²) in [6.07, 6.45) is 6.60. The van der Waals surface area contributed by atoms with Crippen molar-refractivity contribution >= 4 is 38.1 Å². The van der Waals surface area contributed by atoms with Gasteiger partial charge in [-0.25, -0.2) is 0 Å². The number of nitrogens with zero attached hydrogens (tertiary/aromatic N) is 2. The van der Waals surface area contributed by atoms with Gasteiger partial charge in [0.25, 0.3) is 10.1 Å². The zero-order valence-corrected chi connectivity index (χ0v) is 48.0. The molecule has 414 valence electrons. The maximum absolute atomic E-state index is 13.2. The first-order valence-electron chi connectivity index (χ1n) is 27.0. The highest BCUT2D eigenvalue weighted by Gasteiger charge is 2.26. The molecule has 0 radical (unpaired) electrons. The molecule has 1 N–H and O–H groups in total. The number of aryl methyl sites for hydroxylation is 7. The Morgan fingerprint density at radius 1 is 0.525 bits per heavy atom. The van der Waals surface area contributed by atoms with Crippen LogP contribution in [-0.4, -0.2) is 69.2 Å². The lowest BCUT2D eigenvalue weighted by Crippen LogP contribution is -2.22. The minimum absolute atomic E-state index is 0.191. The number of anilines is 2. The predicted molar refractivity (Wildman–Crippen MR) is 319 cm³/mol. The highest BCUT2D eigenvalue weighted by Crippen LogP contribution is 2.44. The Hall–Kier alpha value is -8.26.